The number of fused-ring (bicyclic) bond motifs is 3. The fraction of sp³-hybridized carbons (Fsp3) is 0.0588. The number of para-hydroxylation sites is 1. The number of hydrogen-bond donors (Lipinski definition) is 1. The van der Waals surface area contributed by atoms with Crippen LogP contribution in [0.25, 0.3) is 22.1 Å². The fourth-order valence-corrected chi connectivity index (χ4v) is 3.18. The van der Waals surface area contributed by atoms with E-state index < -0.39 is 0 Å². The number of rotatable bonds is 3. The number of benzene rings is 1. The predicted octanol–water partition coefficient (Wildman–Crippen LogP) is 3.23. The maximum absolute atomic E-state index is 12.2. The molecule has 116 valence electrons. The maximum Gasteiger partial charge on any atom is 0.294 e. The van der Waals surface area contributed by atoms with Crippen LogP contribution in [0.2, 0.25) is 0 Å². The van der Waals surface area contributed by atoms with Crippen molar-refractivity contribution in [2.45, 2.75) is 10.8 Å². The van der Waals surface area contributed by atoms with E-state index in [0.29, 0.717) is 33.3 Å². The van der Waals surface area contributed by atoms with Gasteiger partial charge in [-0.3, -0.25) is 4.79 Å². The zero-order valence-corrected chi connectivity index (χ0v) is 13.1. The molecule has 0 bridgehead atoms. The molecule has 3 aromatic heterocycles. The van der Waals surface area contributed by atoms with Crippen LogP contribution in [-0.4, -0.2) is 15.0 Å². The highest BCUT2D eigenvalue weighted by molar-refractivity contribution is 7.98. The van der Waals surface area contributed by atoms with Gasteiger partial charge in [0.1, 0.15) is 16.9 Å². The van der Waals surface area contributed by atoms with Crippen molar-refractivity contribution in [1.82, 2.24) is 15.0 Å². The Bertz CT molecular complexity index is 1160. The van der Waals surface area contributed by atoms with E-state index in [1.807, 2.05) is 24.3 Å². The van der Waals surface area contributed by atoms with Crippen LogP contribution in [0.1, 0.15) is 11.4 Å². The third kappa shape index (κ3) is 2.53. The van der Waals surface area contributed by atoms with Gasteiger partial charge >= 0.3 is 0 Å². The van der Waals surface area contributed by atoms with Crippen molar-refractivity contribution in [3.63, 3.8) is 0 Å². The number of aromatic amines is 1. The van der Waals surface area contributed by atoms with E-state index in [9.17, 15) is 4.79 Å². The Morgan fingerprint density at radius 3 is 3.04 bits per heavy atom. The minimum Gasteiger partial charge on any atom is -0.449 e. The first-order valence-electron chi connectivity index (χ1n) is 7.14. The van der Waals surface area contributed by atoms with Crippen LogP contribution < -0.4 is 5.56 Å². The number of furan rings is 1. The number of H-pyrrole nitrogens is 1. The quantitative estimate of drug-likeness (QED) is 0.578. The fourth-order valence-electron chi connectivity index (χ4n) is 2.42. The largest absolute Gasteiger partial charge is 0.449 e. The molecule has 0 fully saturated rings. The monoisotopic (exact) mass is 334 g/mol. The Morgan fingerprint density at radius 1 is 1.29 bits per heavy atom. The molecule has 0 saturated carbocycles. The van der Waals surface area contributed by atoms with E-state index in [-0.39, 0.29) is 11.1 Å². The summed E-state index contributed by atoms with van der Waals surface area (Å²) in [5, 5.41) is 10.4. The van der Waals surface area contributed by atoms with Crippen molar-refractivity contribution < 1.29 is 4.42 Å². The first-order valence-corrected chi connectivity index (χ1v) is 8.12. The third-order valence-electron chi connectivity index (χ3n) is 3.50. The zero-order chi connectivity index (χ0) is 16.5. The van der Waals surface area contributed by atoms with Crippen LogP contribution in [-0.2, 0) is 5.75 Å². The minimum absolute atomic E-state index is 0.231. The molecule has 1 N–H and O–H groups in total. The number of nitrogens with one attached hydrogen (secondary N) is 1. The zero-order valence-electron chi connectivity index (χ0n) is 12.3. The molecule has 0 radical (unpaired) electrons. The van der Waals surface area contributed by atoms with Gasteiger partial charge in [0.25, 0.3) is 5.56 Å². The standard InChI is InChI=1S/C17H10N4O2S/c18-8-10-5-6-19-14(7-10)24-9-13-20-15-11-3-1-2-4-12(11)23-16(15)17(22)21-13/h1-7H,9H2,(H,20,21,22). The van der Waals surface area contributed by atoms with Crippen LogP contribution in [0, 0.1) is 11.3 Å². The number of aromatic nitrogens is 3. The van der Waals surface area contributed by atoms with Crippen molar-refractivity contribution in [2.24, 2.45) is 0 Å². The third-order valence-corrected chi connectivity index (χ3v) is 4.44. The molecule has 0 saturated heterocycles. The maximum atomic E-state index is 12.2. The molecule has 0 aliphatic rings. The van der Waals surface area contributed by atoms with Crippen molar-refractivity contribution in [3.8, 4) is 6.07 Å². The lowest BCUT2D eigenvalue weighted by Gasteiger charge is -2.01. The number of nitrogens with zero attached hydrogens (tertiary/aromatic N) is 3. The molecule has 4 rings (SSSR count). The second-order valence-electron chi connectivity index (χ2n) is 5.07. The highest BCUT2D eigenvalue weighted by atomic mass is 32.2. The summed E-state index contributed by atoms with van der Waals surface area (Å²) >= 11 is 1.40. The lowest BCUT2D eigenvalue weighted by atomic mass is 10.2. The normalized spacial score (nSPS) is 11.0. The van der Waals surface area contributed by atoms with Gasteiger partial charge in [0, 0.05) is 11.6 Å². The number of pyridine rings is 1. The van der Waals surface area contributed by atoms with Crippen LogP contribution in [0.15, 0.2) is 56.8 Å². The van der Waals surface area contributed by atoms with E-state index in [0.717, 1.165) is 5.39 Å². The number of thioether (sulfide) groups is 1. The predicted molar refractivity (Wildman–Crippen MR) is 90.6 cm³/mol. The topological polar surface area (TPSA) is 95.6 Å². The Kier molecular flexibility index (Phi) is 3.52. The summed E-state index contributed by atoms with van der Waals surface area (Å²) in [6, 6.07) is 12.8. The molecule has 4 aromatic rings. The molecule has 24 heavy (non-hydrogen) atoms. The van der Waals surface area contributed by atoms with Crippen LogP contribution >= 0.6 is 11.8 Å². The second kappa shape index (κ2) is 5.83. The van der Waals surface area contributed by atoms with Gasteiger partial charge in [-0.15, -0.1) is 0 Å². The Labute approximate surface area is 140 Å². The van der Waals surface area contributed by atoms with E-state index in [1.54, 1.807) is 18.3 Å². The smallest absolute Gasteiger partial charge is 0.294 e. The van der Waals surface area contributed by atoms with E-state index in [1.165, 1.54) is 11.8 Å². The Balaban J connectivity index is 1.70. The van der Waals surface area contributed by atoms with Gasteiger partial charge in [-0.2, -0.15) is 5.26 Å². The first kappa shape index (κ1) is 14.5. The van der Waals surface area contributed by atoms with Crippen LogP contribution in [0.4, 0.5) is 0 Å². The van der Waals surface area contributed by atoms with Gasteiger partial charge in [-0.25, -0.2) is 9.97 Å². The summed E-state index contributed by atoms with van der Waals surface area (Å²) in [6.07, 6.45) is 1.59. The molecule has 0 atom stereocenters. The van der Waals surface area contributed by atoms with E-state index >= 15 is 0 Å². The number of nitriles is 1. The summed E-state index contributed by atoms with van der Waals surface area (Å²) in [5.41, 5.74) is 1.67. The van der Waals surface area contributed by atoms with Crippen LogP contribution in [0.3, 0.4) is 0 Å². The molecular weight excluding hydrogens is 324 g/mol. The molecule has 0 aliphatic heterocycles. The van der Waals surface area contributed by atoms with Gasteiger partial charge in [0.15, 0.2) is 0 Å². The van der Waals surface area contributed by atoms with Crippen molar-refractivity contribution in [1.29, 1.82) is 5.26 Å². The van der Waals surface area contributed by atoms with Gasteiger partial charge in [0.05, 0.1) is 22.4 Å². The highest BCUT2D eigenvalue weighted by Gasteiger charge is 2.13. The highest BCUT2D eigenvalue weighted by Crippen LogP contribution is 2.25. The molecule has 0 unspecified atom stereocenters. The molecule has 3 heterocycles. The summed E-state index contributed by atoms with van der Waals surface area (Å²) in [5.74, 6) is 0.972. The Morgan fingerprint density at radius 2 is 2.17 bits per heavy atom. The first-order chi connectivity index (χ1) is 11.7. The SMILES string of the molecule is N#Cc1ccnc(SCc2nc3c(oc4ccccc43)c(=O)[nH]2)c1. The van der Waals surface area contributed by atoms with Gasteiger partial charge in [-0.05, 0) is 24.3 Å². The minimum atomic E-state index is -0.300. The van der Waals surface area contributed by atoms with Crippen molar-refractivity contribution >= 4 is 33.8 Å². The molecular formula is C17H10N4O2S. The summed E-state index contributed by atoms with van der Waals surface area (Å²) in [6.45, 7) is 0. The summed E-state index contributed by atoms with van der Waals surface area (Å²) < 4.78 is 5.57. The van der Waals surface area contributed by atoms with Crippen molar-refractivity contribution in [3.05, 3.63) is 64.3 Å². The molecule has 1 aromatic carbocycles. The van der Waals surface area contributed by atoms with Crippen molar-refractivity contribution in [2.75, 3.05) is 0 Å². The Hall–Kier alpha value is -3.11. The molecule has 7 heteroatoms. The van der Waals surface area contributed by atoms with Gasteiger partial charge in [0.2, 0.25) is 5.58 Å². The molecule has 0 amide bonds. The average Bonchev–Trinajstić information content (AvgIpc) is 3.00. The van der Waals surface area contributed by atoms with Gasteiger partial charge < -0.3 is 9.40 Å². The average molecular weight is 334 g/mol. The van der Waals surface area contributed by atoms with E-state index in [4.69, 9.17) is 9.68 Å². The molecule has 0 aliphatic carbocycles. The molecule has 6 nitrogen and oxygen atoms in total. The molecule has 0 spiro atoms. The second-order valence-corrected chi connectivity index (χ2v) is 6.07. The lowest BCUT2D eigenvalue weighted by molar-refractivity contribution is 0.660. The lowest BCUT2D eigenvalue weighted by Crippen LogP contribution is -2.10. The summed E-state index contributed by atoms with van der Waals surface area (Å²) in [7, 11) is 0. The van der Waals surface area contributed by atoms with Crippen LogP contribution in [0.5, 0.6) is 0 Å². The summed E-state index contributed by atoms with van der Waals surface area (Å²) in [4.78, 5) is 23.7. The number of hydrogen-bond acceptors (Lipinski definition) is 6. The van der Waals surface area contributed by atoms with Gasteiger partial charge in [-0.1, -0.05) is 23.9 Å². The van der Waals surface area contributed by atoms with E-state index in [2.05, 4.69) is 21.0 Å².